The highest BCUT2D eigenvalue weighted by molar-refractivity contribution is 7.92. The Morgan fingerprint density at radius 3 is 2.23 bits per heavy atom. The van der Waals surface area contributed by atoms with Crippen molar-refractivity contribution in [2.75, 3.05) is 16.3 Å². The molecule has 7 nitrogen and oxygen atoms in total. The number of hydrogen-bond acceptors (Lipinski definition) is 5. The first-order valence-electron chi connectivity index (χ1n) is 9.04. The number of benzene rings is 2. The van der Waals surface area contributed by atoms with Crippen LogP contribution in [0.2, 0.25) is 0 Å². The summed E-state index contributed by atoms with van der Waals surface area (Å²) in [5, 5.41) is 2.72. The van der Waals surface area contributed by atoms with Crippen molar-refractivity contribution in [3.8, 4) is 11.6 Å². The van der Waals surface area contributed by atoms with Crippen molar-refractivity contribution < 1.29 is 17.9 Å². The first-order chi connectivity index (χ1) is 14.3. The maximum atomic E-state index is 12.1. The summed E-state index contributed by atoms with van der Waals surface area (Å²) < 4.78 is 30.5. The van der Waals surface area contributed by atoms with Crippen molar-refractivity contribution in [1.29, 1.82) is 0 Å². The van der Waals surface area contributed by atoms with Crippen LogP contribution in [0.1, 0.15) is 11.1 Å². The molecule has 0 bridgehead atoms. The number of carbonyl (C=O) groups is 1. The van der Waals surface area contributed by atoms with Gasteiger partial charge in [0.05, 0.1) is 18.1 Å². The lowest BCUT2D eigenvalue weighted by atomic mass is 10.2. The Morgan fingerprint density at radius 2 is 1.63 bits per heavy atom. The zero-order valence-electron chi connectivity index (χ0n) is 16.5. The molecule has 3 aromatic rings. The number of nitrogens with zero attached hydrogens (tertiary/aromatic N) is 1. The molecule has 1 amide bonds. The third-order valence-corrected chi connectivity index (χ3v) is 4.49. The molecule has 0 atom stereocenters. The molecule has 0 spiro atoms. The van der Waals surface area contributed by atoms with E-state index >= 15 is 0 Å². The van der Waals surface area contributed by atoms with Gasteiger partial charge in [-0.1, -0.05) is 29.8 Å². The van der Waals surface area contributed by atoms with E-state index in [4.69, 9.17) is 4.74 Å². The number of aryl methyl sites for hydroxylation is 1. The Kier molecular flexibility index (Phi) is 6.48. The minimum atomic E-state index is -3.32. The Morgan fingerprint density at radius 1 is 0.967 bits per heavy atom. The van der Waals surface area contributed by atoms with Crippen LogP contribution < -0.4 is 14.8 Å². The van der Waals surface area contributed by atoms with Crippen LogP contribution in [0.15, 0.2) is 72.9 Å². The zero-order chi connectivity index (χ0) is 21.6. The SMILES string of the molecule is Cc1ccc(Oc2ccc(NC(=O)C=Cc3ccc(NS(C)(=O)=O)cc3)cn2)cc1. The van der Waals surface area contributed by atoms with Crippen LogP contribution in [0.5, 0.6) is 11.6 Å². The number of aromatic nitrogens is 1. The van der Waals surface area contributed by atoms with Crippen LogP contribution in [0.4, 0.5) is 11.4 Å². The summed E-state index contributed by atoms with van der Waals surface area (Å²) in [6.45, 7) is 2.00. The quantitative estimate of drug-likeness (QED) is 0.555. The monoisotopic (exact) mass is 423 g/mol. The Balaban J connectivity index is 1.54. The van der Waals surface area contributed by atoms with Gasteiger partial charge in [0, 0.05) is 17.8 Å². The molecule has 8 heteroatoms. The van der Waals surface area contributed by atoms with E-state index in [0.717, 1.165) is 17.4 Å². The fraction of sp³-hybridized carbons (Fsp3) is 0.0909. The van der Waals surface area contributed by atoms with Gasteiger partial charge in [-0.15, -0.1) is 0 Å². The topological polar surface area (TPSA) is 97.4 Å². The number of rotatable bonds is 7. The Labute approximate surface area is 175 Å². The van der Waals surface area contributed by atoms with Gasteiger partial charge in [0.1, 0.15) is 5.75 Å². The summed E-state index contributed by atoms with van der Waals surface area (Å²) in [5.74, 6) is 0.795. The number of ether oxygens (including phenoxy) is 1. The van der Waals surface area contributed by atoms with Crippen molar-refractivity contribution >= 4 is 33.4 Å². The normalized spacial score (nSPS) is 11.3. The van der Waals surface area contributed by atoms with Gasteiger partial charge in [-0.3, -0.25) is 9.52 Å². The van der Waals surface area contributed by atoms with Crippen LogP contribution in [0.3, 0.4) is 0 Å². The maximum Gasteiger partial charge on any atom is 0.248 e. The van der Waals surface area contributed by atoms with Crippen molar-refractivity contribution in [2.45, 2.75) is 6.92 Å². The fourth-order valence-electron chi connectivity index (χ4n) is 2.47. The smallest absolute Gasteiger partial charge is 0.248 e. The van der Waals surface area contributed by atoms with E-state index in [2.05, 4.69) is 15.0 Å². The summed E-state index contributed by atoms with van der Waals surface area (Å²) in [6, 6.07) is 17.7. The summed E-state index contributed by atoms with van der Waals surface area (Å²) in [5.41, 5.74) is 2.89. The number of pyridine rings is 1. The van der Waals surface area contributed by atoms with Crippen molar-refractivity contribution in [1.82, 2.24) is 4.98 Å². The van der Waals surface area contributed by atoms with E-state index in [-0.39, 0.29) is 5.91 Å². The van der Waals surface area contributed by atoms with Crippen molar-refractivity contribution in [3.05, 3.63) is 84.1 Å². The van der Waals surface area contributed by atoms with Crippen molar-refractivity contribution in [3.63, 3.8) is 0 Å². The summed E-state index contributed by atoms with van der Waals surface area (Å²) >= 11 is 0. The molecule has 1 aromatic heterocycles. The second-order valence-electron chi connectivity index (χ2n) is 6.62. The Hall–Kier alpha value is -3.65. The third kappa shape index (κ3) is 6.75. The van der Waals surface area contributed by atoms with Gasteiger partial charge in [0.25, 0.3) is 0 Å². The van der Waals surface area contributed by atoms with Crippen LogP contribution in [0.25, 0.3) is 6.08 Å². The van der Waals surface area contributed by atoms with Gasteiger partial charge in [-0.2, -0.15) is 0 Å². The number of nitrogens with one attached hydrogen (secondary N) is 2. The molecule has 30 heavy (non-hydrogen) atoms. The summed E-state index contributed by atoms with van der Waals surface area (Å²) in [7, 11) is -3.32. The molecule has 0 saturated heterocycles. The lowest BCUT2D eigenvalue weighted by Crippen LogP contribution is -2.09. The molecule has 0 unspecified atom stereocenters. The molecule has 0 fully saturated rings. The number of carbonyl (C=O) groups excluding carboxylic acids is 1. The van der Waals surface area contributed by atoms with E-state index in [1.807, 2.05) is 31.2 Å². The van der Waals surface area contributed by atoms with Gasteiger partial charge in [-0.25, -0.2) is 13.4 Å². The minimum absolute atomic E-state index is 0.317. The molecule has 0 radical (unpaired) electrons. The molecule has 2 aromatic carbocycles. The molecule has 0 aliphatic carbocycles. The predicted molar refractivity (Wildman–Crippen MR) is 118 cm³/mol. The third-order valence-electron chi connectivity index (χ3n) is 3.89. The van der Waals surface area contributed by atoms with Gasteiger partial charge in [0.15, 0.2) is 0 Å². The minimum Gasteiger partial charge on any atom is -0.439 e. The highest BCUT2D eigenvalue weighted by atomic mass is 32.2. The van der Waals surface area contributed by atoms with E-state index < -0.39 is 10.0 Å². The highest BCUT2D eigenvalue weighted by Gasteiger charge is 2.03. The number of hydrogen-bond donors (Lipinski definition) is 2. The van der Waals surface area contributed by atoms with Gasteiger partial charge < -0.3 is 10.1 Å². The van der Waals surface area contributed by atoms with Crippen molar-refractivity contribution in [2.24, 2.45) is 0 Å². The number of sulfonamides is 1. The number of amides is 1. The molecule has 0 aliphatic rings. The standard InChI is InChI=1S/C22H21N3O4S/c1-16-3-11-20(12-4-16)29-22-14-10-19(15-23-22)24-21(26)13-7-17-5-8-18(9-6-17)25-30(2,27)28/h3-15,25H,1-2H3,(H,24,26). The second kappa shape index (κ2) is 9.23. The van der Waals surface area contributed by atoms with Gasteiger partial charge >= 0.3 is 0 Å². The van der Waals surface area contributed by atoms with Gasteiger partial charge in [0.2, 0.25) is 21.8 Å². The molecule has 3 rings (SSSR count). The van der Waals surface area contributed by atoms with E-state index in [0.29, 0.717) is 23.0 Å². The largest absolute Gasteiger partial charge is 0.439 e. The maximum absolute atomic E-state index is 12.1. The molecule has 2 N–H and O–H groups in total. The average molecular weight is 423 g/mol. The second-order valence-corrected chi connectivity index (χ2v) is 8.37. The number of anilines is 2. The lowest BCUT2D eigenvalue weighted by molar-refractivity contribution is -0.111. The van der Waals surface area contributed by atoms with Crippen LogP contribution in [0, 0.1) is 6.92 Å². The van der Waals surface area contributed by atoms with E-state index in [1.165, 1.54) is 12.3 Å². The molecule has 154 valence electrons. The average Bonchev–Trinajstić information content (AvgIpc) is 2.69. The molecule has 1 heterocycles. The molecular weight excluding hydrogens is 402 g/mol. The van der Waals surface area contributed by atoms with E-state index in [1.54, 1.807) is 42.5 Å². The van der Waals surface area contributed by atoms with Crippen LogP contribution in [-0.4, -0.2) is 25.6 Å². The molecule has 0 saturated carbocycles. The summed E-state index contributed by atoms with van der Waals surface area (Å²) in [6.07, 6.45) is 5.61. The molecular formula is C22H21N3O4S. The predicted octanol–water partition coefficient (Wildman–Crippen LogP) is 4.21. The highest BCUT2D eigenvalue weighted by Crippen LogP contribution is 2.21. The molecule has 0 aliphatic heterocycles. The van der Waals surface area contributed by atoms with Crippen LogP contribution in [-0.2, 0) is 14.8 Å². The lowest BCUT2D eigenvalue weighted by Gasteiger charge is -2.06. The first kappa shape index (κ1) is 21.1. The van der Waals surface area contributed by atoms with Crippen LogP contribution >= 0.6 is 0 Å². The fourth-order valence-corrected chi connectivity index (χ4v) is 3.04. The van der Waals surface area contributed by atoms with E-state index in [9.17, 15) is 13.2 Å². The Bertz CT molecular complexity index is 1140. The zero-order valence-corrected chi connectivity index (χ0v) is 17.3. The van der Waals surface area contributed by atoms with Gasteiger partial charge in [-0.05, 0) is 48.9 Å². The first-order valence-corrected chi connectivity index (χ1v) is 10.9. The summed E-state index contributed by atoms with van der Waals surface area (Å²) in [4.78, 5) is 16.3.